The summed E-state index contributed by atoms with van der Waals surface area (Å²) >= 11 is 1.08. The summed E-state index contributed by atoms with van der Waals surface area (Å²) < 4.78 is 10.5. The molecule has 0 aliphatic rings. The molecule has 1 amide bonds. The lowest BCUT2D eigenvalue weighted by molar-refractivity contribution is 0.0592. The number of carbonyl (C=O) groups is 2. The molecule has 0 saturated heterocycles. The largest absolute Gasteiger partial charge is 0.465 e. The minimum absolute atomic E-state index is 0.163. The van der Waals surface area contributed by atoms with Crippen molar-refractivity contribution in [3.8, 4) is 11.1 Å². The van der Waals surface area contributed by atoms with Crippen LogP contribution in [0.4, 0.5) is 22.0 Å². The van der Waals surface area contributed by atoms with Crippen molar-refractivity contribution < 1.29 is 19.1 Å². The highest BCUT2D eigenvalue weighted by atomic mass is 32.1. The maximum Gasteiger partial charge on any atom is 0.420 e. The number of anilines is 3. The average molecular weight is 478 g/mol. The molecule has 0 bridgehead atoms. The third-order valence-corrected chi connectivity index (χ3v) is 5.87. The predicted molar refractivity (Wildman–Crippen MR) is 131 cm³/mol. The summed E-state index contributed by atoms with van der Waals surface area (Å²) in [6, 6.07) is 13.0. The number of ether oxygens (including phenoxy) is 2. The SMILES string of the molecule is COC(=O)c1sc2nccc(N(C(=O)OC(C)(C)C)c3cc(-c4ccccc4)cnn3)c2c1N. The zero-order valence-corrected chi connectivity index (χ0v) is 19.9. The summed E-state index contributed by atoms with van der Waals surface area (Å²) in [6.45, 7) is 5.31. The van der Waals surface area contributed by atoms with Gasteiger partial charge in [-0.3, -0.25) is 0 Å². The van der Waals surface area contributed by atoms with E-state index in [4.69, 9.17) is 15.2 Å². The summed E-state index contributed by atoms with van der Waals surface area (Å²) in [7, 11) is 1.28. The molecule has 174 valence electrons. The van der Waals surface area contributed by atoms with Crippen LogP contribution < -0.4 is 10.6 Å². The number of nitrogen functional groups attached to an aromatic ring is 1. The fourth-order valence-corrected chi connectivity index (χ4v) is 4.34. The molecular formula is C24H23N5O4S. The van der Waals surface area contributed by atoms with Crippen molar-refractivity contribution in [2.45, 2.75) is 26.4 Å². The number of nitrogens with two attached hydrogens (primary N) is 1. The quantitative estimate of drug-likeness (QED) is 0.398. The molecule has 0 radical (unpaired) electrons. The molecule has 4 rings (SSSR count). The van der Waals surface area contributed by atoms with E-state index >= 15 is 0 Å². The Morgan fingerprint density at radius 2 is 1.82 bits per heavy atom. The Kier molecular flexibility index (Phi) is 6.16. The molecule has 0 saturated carbocycles. The first kappa shape index (κ1) is 23.1. The van der Waals surface area contributed by atoms with Gasteiger partial charge in [-0.05, 0) is 38.5 Å². The van der Waals surface area contributed by atoms with E-state index < -0.39 is 17.7 Å². The van der Waals surface area contributed by atoms with Gasteiger partial charge < -0.3 is 15.2 Å². The third-order valence-electron chi connectivity index (χ3n) is 4.77. The number of amides is 1. The van der Waals surface area contributed by atoms with E-state index in [2.05, 4.69) is 15.2 Å². The fraction of sp³-hybridized carbons (Fsp3) is 0.208. The highest BCUT2D eigenvalue weighted by Gasteiger charge is 2.30. The number of rotatable bonds is 4. The van der Waals surface area contributed by atoms with Crippen LogP contribution >= 0.6 is 11.3 Å². The zero-order valence-electron chi connectivity index (χ0n) is 19.1. The van der Waals surface area contributed by atoms with Gasteiger partial charge in [-0.2, -0.15) is 5.10 Å². The topological polar surface area (TPSA) is 121 Å². The van der Waals surface area contributed by atoms with Crippen molar-refractivity contribution in [3.05, 3.63) is 59.7 Å². The molecule has 9 nitrogen and oxygen atoms in total. The summed E-state index contributed by atoms with van der Waals surface area (Å²) in [6.07, 6.45) is 2.47. The molecule has 10 heteroatoms. The monoisotopic (exact) mass is 477 g/mol. The number of hydrogen-bond acceptors (Lipinski definition) is 9. The molecule has 3 aromatic heterocycles. The van der Waals surface area contributed by atoms with E-state index in [0.29, 0.717) is 15.9 Å². The second-order valence-electron chi connectivity index (χ2n) is 8.33. The second-order valence-corrected chi connectivity index (χ2v) is 9.33. The van der Waals surface area contributed by atoms with E-state index in [1.54, 1.807) is 39.1 Å². The number of esters is 1. The summed E-state index contributed by atoms with van der Waals surface area (Å²) in [4.78, 5) is 32.0. The molecule has 0 fully saturated rings. The Bertz CT molecular complexity index is 1370. The number of thiophene rings is 1. The first-order chi connectivity index (χ1) is 16.2. The summed E-state index contributed by atoms with van der Waals surface area (Å²) in [5, 5.41) is 8.75. The van der Waals surface area contributed by atoms with Crippen molar-refractivity contribution in [1.29, 1.82) is 0 Å². The molecule has 4 aromatic rings. The predicted octanol–water partition coefficient (Wildman–Crippen LogP) is 5.20. The van der Waals surface area contributed by atoms with E-state index in [0.717, 1.165) is 22.5 Å². The van der Waals surface area contributed by atoms with E-state index in [1.807, 2.05) is 30.3 Å². The Labute approximate surface area is 200 Å². The van der Waals surface area contributed by atoms with Gasteiger partial charge >= 0.3 is 12.1 Å². The molecule has 34 heavy (non-hydrogen) atoms. The van der Waals surface area contributed by atoms with Crippen molar-refractivity contribution in [1.82, 2.24) is 15.2 Å². The molecule has 0 spiro atoms. The van der Waals surface area contributed by atoms with Crippen LogP contribution in [-0.2, 0) is 9.47 Å². The Balaban J connectivity index is 1.93. The first-order valence-electron chi connectivity index (χ1n) is 10.4. The second kappa shape index (κ2) is 9.06. The summed E-state index contributed by atoms with van der Waals surface area (Å²) in [5.41, 5.74) is 7.76. The molecule has 0 atom stereocenters. The van der Waals surface area contributed by atoms with Gasteiger partial charge in [-0.15, -0.1) is 16.4 Å². The third kappa shape index (κ3) is 4.53. The van der Waals surface area contributed by atoms with Gasteiger partial charge in [-0.25, -0.2) is 19.5 Å². The van der Waals surface area contributed by atoms with Crippen molar-refractivity contribution in [2.24, 2.45) is 0 Å². The van der Waals surface area contributed by atoms with E-state index in [-0.39, 0.29) is 16.4 Å². The number of aromatic nitrogens is 3. The Morgan fingerprint density at radius 3 is 2.50 bits per heavy atom. The normalized spacial score (nSPS) is 11.3. The molecule has 0 aliphatic heterocycles. The van der Waals surface area contributed by atoms with Crippen LogP contribution in [0.2, 0.25) is 0 Å². The minimum Gasteiger partial charge on any atom is -0.465 e. The van der Waals surface area contributed by atoms with Gasteiger partial charge in [-0.1, -0.05) is 30.3 Å². The number of pyridine rings is 1. The first-order valence-corrected chi connectivity index (χ1v) is 11.2. The number of fused-ring (bicyclic) bond motifs is 1. The van der Waals surface area contributed by atoms with Gasteiger partial charge in [0.1, 0.15) is 15.3 Å². The zero-order chi connectivity index (χ0) is 24.5. The van der Waals surface area contributed by atoms with Crippen LogP contribution in [0.3, 0.4) is 0 Å². The van der Waals surface area contributed by atoms with Crippen molar-refractivity contribution in [2.75, 3.05) is 17.7 Å². The standard InChI is InChI=1S/C24H23N5O4S/c1-24(2,3)33-23(31)29(17-12-15(13-27-28-17)14-8-6-5-7-9-14)16-10-11-26-21-18(16)19(25)20(34-21)22(30)32-4/h5-13H,25H2,1-4H3. The maximum atomic E-state index is 13.4. The molecule has 0 unspecified atom stereocenters. The summed E-state index contributed by atoms with van der Waals surface area (Å²) in [5.74, 6) is -0.352. The van der Waals surface area contributed by atoms with Crippen molar-refractivity contribution >= 4 is 50.8 Å². The lowest BCUT2D eigenvalue weighted by Gasteiger charge is -2.27. The lowest BCUT2D eigenvalue weighted by atomic mass is 10.1. The van der Waals surface area contributed by atoms with E-state index in [1.165, 1.54) is 18.2 Å². The van der Waals surface area contributed by atoms with Gasteiger partial charge in [0.25, 0.3) is 0 Å². The number of hydrogen-bond donors (Lipinski definition) is 1. The van der Waals surface area contributed by atoms with Crippen molar-refractivity contribution in [3.63, 3.8) is 0 Å². The molecular weight excluding hydrogens is 454 g/mol. The van der Waals surface area contributed by atoms with Gasteiger partial charge in [0.15, 0.2) is 5.82 Å². The smallest absolute Gasteiger partial charge is 0.420 e. The van der Waals surface area contributed by atoms with Crippen LogP contribution in [-0.4, -0.2) is 40.0 Å². The number of benzene rings is 1. The van der Waals surface area contributed by atoms with Crippen LogP contribution in [0, 0.1) is 0 Å². The van der Waals surface area contributed by atoms with E-state index in [9.17, 15) is 9.59 Å². The minimum atomic E-state index is -0.774. The van der Waals surface area contributed by atoms with Gasteiger partial charge in [0.05, 0.1) is 30.1 Å². The molecule has 1 aromatic carbocycles. The number of methoxy groups -OCH3 is 1. The highest BCUT2D eigenvalue weighted by molar-refractivity contribution is 7.21. The van der Waals surface area contributed by atoms with Crippen LogP contribution in [0.25, 0.3) is 21.3 Å². The molecule has 3 heterocycles. The molecule has 2 N–H and O–H groups in total. The van der Waals surface area contributed by atoms with Crippen LogP contribution in [0.1, 0.15) is 30.4 Å². The lowest BCUT2D eigenvalue weighted by Crippen LogP contribution is -2.34. The van der Waals surface area contributed by atoms with Gasteiger partial charge in [0.2, 0.25) is 0 Å². The highest BCUT2D eigenvalue weighted by Crippen LogP contribution is 2.41. The molecule has 0 aliphatic carbocycles. The number of carbonyl (C=O) groups excluding carboxylic acids is 2. The Hall–Kier alpha value is -4.05. The Morgan fingerprint density at radius 1 is 1.09 bits per heavy atom. The van der Waals surface area contributed by atoms with Crippen LogP contribution in [0.15, 0.2) is 54.9 Å². The van der Waals surface area contributed by atoms with Crippen LogP contribution in [0.5, 0.6) is 0 Å². The van der Waals surface area contributed by atoms with Gasteiger partial charge in [0, 0.05) is 11.8 Å². The number of nitrogens with zero attached hydrogens (tertiary/aromatic N) is 4. The maximum absolute atomic E-state index is 13.4. The average Bonchev–Trinajstić information content (AvgIpc) is 3.15. The fourth-order valence-electron chi connectivity index (χ4n) is 3.34.